The van der Waals surface area contributed by atoms with Crippen molar-refractivity contribution in [2.45, 2.75) is 13.5 Å². The first kappa shape index (κ1) is 19.0. The van der Waals surface area contributed by atoms with E-state index in [-0.39, 0.29) is 25.7 Å². The number of methoxy groups -OCH3 is 2. The third-order valence-corrected chi connectivity index (χ3v) is 4.42. The molecule has 0 atom stereocenters. The lowest BCUT2D eigenvalue weighted by molar-refractivity contribution is -0.142. The van der Waals surface area contributed by atoms with Gasteiger partial charge in [0.25, 0.3) is 5.91 Å². The number of rotatable bonds is 9. The van der Waals surface area contributed by atoms with Crippen LogP contribution in [0.3, 0.4) is 0 Å². The fourth-order valence-electron chi connectivity index (χ4n) is 2.18. The van der Waals surface area contributed by atoms with E-state index in [0.717, 1.165) is 5.56 Å². The van der Waals surface area contributed by atoms with Crippen molar-refractivity contribution in [3.8, 4) is 5.88 Å². The van der Waals surface area contributed by atoms with Crippen LogP contribution >= 0.6 is 11.3 Å². The maximum Gasteiger partial charge on any atom is 0.329 e. The van der Waals surface area contributed by atoms with Crippen LogP contribution in [-0.4, -0.2) is 60.9 Å². The van der Waals surface area contributed by atoms with Gasteiger partial charge >= 0.3 is 5.97 Å². The number of thiophene rings is 1. The van der Waals surface area contributed by atoms with Gasteiger partial charge in [0.05, 0.1) is 24.0 Å². The molecule has 0 aliphatic heterocycles. The van der Waals surface area contributed by atoms with Crippen LogP contribution in [0.1, 0.15) is 21.1 Å². The molecular weight excluding hydrogens is 350 g/mol. The number of aliphatic carboxylic acids is 1. The van der Waals surface area contributed by atoms with Gasteiger partial charge < -0.3 is 24.6 Å². The van der Waals surface area contributed by atoms with Crippen molar-refractivity contribution in [3.63, 3.8) is 0 Å². The minimum Gasteiger partial charge on any atom is -0.480 e. The number of carboxylic acids is 1. The molecule has 0 aliphatic rings. The second-order valence-corrected chi connectivity index (χ2v) is 6.02. The van der Waals surface area contributed by atoms with Crippen LogP contribution in [0.4, 0.5) is 0 Å². The second-order valence-electron chi connectivity index (χ2n) is 5.02. The average molecular weight is 369 g/mol. The number of fused-ring (bicyclic) bond motifs is 1. The Morgan fingerprint density at radius 2 is 2.04 bits per heavy atom. The van der Waals surface area contributed by atoms with Crippen molar-refractivity contribution in [2.24, 2.45) is 0 Å². The molecule has 0 fully saturated rings. The van der Waals surface area contributed by atoms with Crippen molar-refractivity contribution in [3.05, 3.63) is 16.3 Å². The molecule has 10 heteroatoms. The number of carboxylic acid groups (broad SMARTS) is 1. The number of ether oxygens (including phenoxy) is 3. The predicted octanol–water partition coefficient (Wildman–Crippen LogP) is 0.986. The summed E-state index contributed by atoms with van der Waals surface area (Å²) in [5.41, 5.74) is 0.727. The molecule has 0 aliphatic carbocycles. The molecule has 0 saturated carbocycles. The molecule has 0 saturated heterocycles. The molecule has 0 spiro atoms. The topological polar surface area (TPSA) is 120 Å². The molecule has 2 rings (SSSR count). The molecule has 2 aromatic heterocycles. The molecule has 2 N–H and O–H groups in total. The maximum absolute atomic E-state index is 12.4. The van der Waals surface area contributed by atoms with Gasteiger partial charge in [-0.1, -0.05) is 0 Å². The summed E-state index contributed by atoms with van der Waals surface area (Å²) < 4.78 is 15.2. The number of hydrogen-bond donors (Lipinski definition) is 2. The number of hydrogen-bond acceptors (Lipinski definition) is 8. The quantitative estimate of drug-likeness (QED) is 0.628. The van der Waals surface area contributed by atoms with Gasteiger partial charge in [-0.25, -0.2) is 9.78 Å². The molecule has 136 valence electrons. The van der Waals surface area contributed by atoms with Crippen molar-refractivity contribution in [1.29, 1.82) is 0 Å². The van der Waals surface area contributed by atoms with Gasteiger partial charge in [0.15, 0.2) is 5.82 Å². The van der Waals surface area contributed by atoms with Crippen LogP contribution in [0.25, 0.3) is 10.2 Å². The lowest BCUT2D eigenvalue weighted by Gasteiger charge is -2.05. The summed E-state index contributed by atoms with van der Waals surface area (Å²) in [6.45, 7) is 1.97. The number of aromatic nitrogens is 2. The monoisotopic (exact) mass is 369 g/mol. The van der Waals surface area contributed by atoms with E-state index in [2.05, 4.69) is 15.3 Å². The Bertz CT molecular complexity index is 776. The van der Waals surface area contributed by atoms with E-state index < -0.39 is 12.6 Å². The van der Waals surface area contributed by atoms with E-state index in [9.17, 15) is 9.59 Å². The Morgan fingerprint density at radius 1 is 1.28 bits per heavy atom. The summed E-state index contributed by atoms with van der Waals surface area (Å²) in [6, 6.07) is 0. The Hall–Kier alpha value is -2.30. The number of nitrogens with zero attached hydrogens (tertiary/aromatic N) is 2. The van der Waals surface area contributed by atoms with Gasteiger partial charge in [0.2, 0.25) is 5.88 Å². The Labute approximate surface area is 147 Å². The zero-order valence-corrected chi connectivity index (χ0v) is 14.9. The van der Waals surface area contributed by atoms with Gasteiger partial charge in [0.1, 0.15) is 18.0 Å². The molecule has 2 heterocycles. The molecule has 25 heavy (non-hydrogen) atoms. The normalized spacial score (nSPS) is 10.8. The van der Waals surface area contributed by atoms with E-state index in [1.807, 2.05) is 0 Å². The summed E-state index contributed by atoms with van der Waals surface area (Å²) in [4.78, 5) is 32.5. The zero-order valence-electron chi connectivity index (χ0n) is 14.1. The van der Waals surface area contributed by atoms with Crippen molar-refractivity contribution in [2.75, 3.05) is 34.0 Å². The molecule has 0 aromatic carbocycles. The average Bonchev–Trinajstić information content (AvgIpc) is 2.90. The number of nitrogens with one attached hydrogen (secondary N) is 1. The molecule has 0 radical (unpaired) electrons. The van der Waals surface area contributed by atoms with Crippen LogP contribution in [0, 0.1) is 6.92 Å². The van der Waals surface area contributed by atoms with E-state index >= 15 is 0 Å². The fourth-order valence-corrected chi connectivity index (χ4v) is 3.29. The van der Waals surface area contributed by atoms with Gasteiger partial charge in [0, 0.05) is 13.7 Å². The number of aryl methyl sites for hydroxylation is 1. The standard InChI is InChI=1S/C15H19N3O6S/c1-8-11-14(23-3)17-9(6-22-2)18-15(11)25-12(8)13(21)16-4-5-24-7-10(19)20/h4-7H2,1-3H3,(H,16,21)(H,19,20). The van der Waals surface area contributed by atoms with Crippen molar-refractivity contribution < 1.29 is 28.9 Å². The van der Waals surface area contributed by atoms with E-state index in [0.29, 0.717) is 26.8 Å². The van der Waals surface area contributed by atoms with E-state index in [4.69, 9.17) is 19.3 Å². The zero-order chi connectivity index (χ0) is 18.4. The maximum atomic E-state index is 12.4. The fraction of sp³-hybridized carbons (Fsp3) is 0.467. The molecule has 0 bridgehead atoms. The molecule has 2 aromatic rings. The van der Waals surface area contributed by atoms with Crippen molar-refractivity contribution >= 4 is 33.4 Å². The number of amides is 1. The number of carbonyl (C=O) groups is 2. The lowest BCUT2D eigenvalue weighted by atomic mass is 10.2. The van der Waals surface area contributed by atoms with Crippen LogP contribution in [0.15, 0.2) is 0 Å². The van der Waals surface area contributed by atoms with Gasteiger partial charge in [-0.05, 0) is 12.5 Å². The van der Waals surface area contributed by atoms with Gasteiger partial charge in [-0.2, -0.15) is 4.98 Å². The predicted molar refractivity (Wildman–Crippen MR) is 90.2 cm³/mol. The number of carbonyl (C=O) groups excluding carboxylic acids is 1. The second kappa shape index (κ2) is 8.70. The smallest absolute Gasteiger partial charge is 0.329 e. The summed E-state index contributed by atoms with van der Waals surface area (Å²) in [5.74, 6) is -0.462. The highest BCUT2D eigenvalue weighted by Crippen LogP contribution is 2.34. The van der Waals surface area contributed by atoms with Crippen molar-refractivity contribution in [1.82, 2.24) is 15.3 Å². The third-order valence-electron chi connectivity index (χ3n) is 3.23. The first-order valence-corrected chi connectivity index (χ1v) is 8.20. The summed E-state index contributed by atoms with van der Waals surface area (Å²) in [5, 5.41) is 11.9. The summed E-state index contributed by atoms with van der Waals surface area (Å²) in [6.07, 6.45) is 0. The highest BCUT2D eigenvalue weighted by molar-refractivity contribution is 7.20. The van der Waals surface area contributed by atoms with Crippen LogP contribution in [-0.2, 0) is 20.9 Å². The van der Waals surface area contributed by atoms with Crippen LogP contribution in [0.2, 0.25) is 0 Å². The minimum absolute atomic E-state index is 0.114. The molecule has 9 nitrogen and oxygen atoms in total. The first-order chi connectivity index (χ1) is 12.0. The van der Waals surface area contributed by atoms with Gasteiger partial charge in [-0.15, -0.1) is 11.3 Å². The first-order valence-electron chi connectivity index (χ1n) is 7.38. The Kier molecular flexibility index (Phi) is 6.62. The van der Waals surface area contributed by atoms with E-state index in [1.165, 1.54) is 18.4 Å². The van der Waals surface area contributed by atoms with Gasteiger partial charge in [-0.3, -0.25) is 4.79 Å². The highest BCUT2D eigenvalue weighted by atomic mass is 32.1. The highest BCUT2D eigenvalue weighted by Gasteiger charge is 2.21. The largest absolute Gasteiger partial charge is 0.480 e. The lowest BCUT2D eigenvalue weighted by Crippen LogP contribution is -2.27. The van der Waals surface area contributed by atoms with E-state index in [1.54, 1.807) is 14.0 Å². The van der Waals surface area contributed by atoms with Crippen LogP contribution in [0.5, 0.6) is 5.88 Å². The summed E-state index contributed by atoms with van der Waals surface area (Å²) in [7, 11) is 3.06. The Morgan fingerprint density at radius 3 is 2.68 bits per heavy atom. The molecular formula is C15H19N3O6S. The molecule has 0 unspecified atom stereocenters. The minimum atomic E-state index is -1.05. The Balaban J connectivity index is 2.16. The third kappa shape index (κ3) is 4.62. The molecule has 1 amide bonds. The SMILES string of the molecule is COCc1nc(OC)c2c(C)c(C(=O)NCCOCC(=O)O)sc2n1. The summed E-state index contributed by atoms with van der Waals surface area (Å²) >= 11 is 1.24. The van der Waals surface area contributed by atoms with Crippen LogP contribution < -0.4 is 10.1 Å².